The fourth-order valence-corrected chi connectivity index (χ4v) is 5.34. The van der Waals surface area contributed by atoms with Gasteiger partial charge in [0.25, 0.3) is 5.91 Å². The number of ketones is 1. The first-order chi connectivity index (χ1) is 19.3. The van der Waals surface area contributed by atoms with E-state index in [1.165, 1.54) is 24.0 Å². The second kappa shape index (κ2) is 11.7. The Bertz CT molecular complexity index is 1510. The van der Waals surface area contributed by atoms with Crippen molar-refractivity contribution in [1.29, 1.82) is 0 Å². The Kier molecular flexibility index (Phi) is 7.91. The molecule has 206 valence electrons. The lowest BCUT2D eigenvalue weighted by Gasteiger charge is -2.35. The maximum Gasteiger partial charge on any atom is 0.252 e. The summed E-state index contributed by atoms with van der Waals surface area (Å²) in [5.74, 6) is -0.723. The highest BCUT2D eigenvalue weighted by Gasteiger charge is 2.37. The number of amides is 2. The molecule has 0 bridgehead atoms. The average Bonchev–Trinajstić information content (AvgIpc) is 3.40. The Balaban J connectivity index is 1.60. The van der Waals surface area contributed by atoms with Crippen LogP contribution in [0, 0.1) is 0 Å². The molecule has 2 N–H and O–H groups in total. The zero-order chi connectivity index (χ0) is 28.2. The molecule has 2 amide bonds. The summed E-state index contributed by atoms with van der Waals surface area (Å²) in [6.07, 6.45) is 5.00. The van der Waals surface area contributed by atoms with Crippen LogP contribution in [0.3, 0.4) is 0 Å². The van der Waals surface area contributed by atoms with Crippen LogP contribution in [0.25, 0.3) is 11.0 Å². The maximum atomic E-state index is 14.4. The van der Waals surface area contributed by atoms with Crippen LogP contribution in [0.5, 0.6) is 5.75 Å². The number of para-hydroxylation sites is 1. The van der Waals surface area contributed by atoms with Gasteiger partial charge in [-0.1, -0.05) is 48.7 Å². The molecule has 2 unspecified atom stereocenters. The smallest absolute Gasteiger partial charge is 0.252 e. The van der Waals surface area contributed by atoms with Crippen molar-refractivity contribution < 1.29 is 19.5 Å². The molecule has 1 heterocycles. The van der Waals surface area contributed by atoms with Gasteiger partial charge in [-0.15, -0.1) is 5.10 Å². The number of fused-ring (bicyclic) bond motifs is 1. The molecule has 0 saturated heterocycles. The van der Waals surface area contributed by atoms with Crippen molar-refractivity contribution in [2.24, 2.45) is 0 Å². The lowest BCUT2D eigenvalue weighted by Crippen LogP contribution is -2.48. The summed E-state index contributed by atoms with van der Waals surface area (Å²) in [4.78, 5) is 41.9. The highest BCUT2D eigenvalue weighted by molar-refractivity contribution is 6.04. The molecule has 0 spiro atoms. The molecule has 3 aromatic carbocycles. The van der Waals surface area contributed by atoms with Crippen molar-refractivity contribution in [3.8, 4) is 5.75 Å². The number of phenolic OH excluding ortho intramolecular Hbond substituents is 1. The molecule has 1 aliphatic carbocycles. The van der Waals surface area contributed by atoms with Crippen molar-refractivity contribution in [2.45, 2.75) is 64.1 Å². The highest BCUT2D eigenvalue weighted by atomic mass is 16.3. The fraction of sp³-hybridized carbons (Fsp3) is 0.323. The average molecular weight is 540 g/mol. The van der Waals surface area contributed by atoms with E-state index >= 15 is 0 Å². The molecule has 1 saturated carbocycles. The molecular weight excluding hydrogens is 506 g/mol. The third-order valence-electron chi connectivity index (χ3n) is 7.56. The molecule has 1 fully saturated rings. The predicted octanol–water partition coefficient (Wildman–Crippen LogP) is 5.12. The summed E-state index contributed by atoms with van der Waals surface area (Å²) in [6, 6.07) is 18.6. The van der Waals surface area contributed by atoms with E-state index < -0.39 is 12.1 Å². The van der Waals surface area contributed by atoms with Crippen LogP contribution in [0.15, 0.2) is 72.8 Å². The molecule has 40 heavy (non-hydrogen) atoms. The van der Waals surface area contributed by atoms with E-state index in [4.69, 9.17) is 0 Å². The van der Waals surface area contributed by atoms with Gasteiger partial charge in [0, 0.05) is 17.3 Å². The van der Waals surface area contributed by atoms with Crippen molar-refractivity contribution >= 4 is 34.3 Å². The molecule has 9 heteroatoms. The third-order valence-corrected chi connectivity index (χ3v) is 7.56. The number of hydrogen-bond acceptors (Lipinski definition) is 6. The number of hydrogen-bond donors (Lipinski definition) is 2. The fourth-order valence-electron chi connectivity index (χ4n) is 5.34. The van der Waals surface area contributed by atoms with Crippen LogP contribution < -0.4 is 10.2 Å². The van der Waals surface area contributed by atoms with E-state index in [0.29, 0.717) is 27.8 Å². The van der Waals surface area contributed by atoms with Gasteiger partial charge in [-0.05, 0) is 80.8 Å². The Morgan fingerprint density at radius 1 is 0.950 bits per heavy atom. The van der Waals surface area contributed by atoms with Crippen LogP contribution in [0.2, 0.25) is 0 Å². The number of carbonyl (C=O) groups is 3. The number of benzene rings is 3. The highest BCUT2D eigenvalue weighted by Crippen LogP contribution is 2.33. The van der Waals surface area contributed by atoms with Crippen molar-refractivity contribution in [2.75, 3.05) is 4.90 Å². The molecule has 9 nitrogen and oxygen atoms in total. The number of anilines is 1. The van der Waals surface area contributed by atoms with Crippen LogP contribution in [0.4, 0.5) is 5.69 Å². The molecule has 1 aliphatic rings. The minimum absolute atomic E-state index is 0.0228. The Hall–Kier alpha value is -4.53. The number of aromatic hydroxyl groups is 1. The largest absolute Gasteiger partial charge is 0.508 e. The lowest BCUT2D eigenvalue weighted by molar-refractivity contribution is -0.128. The van der Waals surface area contributed by atoms with Crippen LogP contribution in [-0.2, 0) is 9.59 Å². The van der Waals surface area contributed by atoms with Crippen LogP contribution in [0.1, 0.15) is 74.0 Å². The van der Waals surface area contributed by atoms with Gasteiger partial charge >= 0.3 is 0 Å². The van der Waals surface area contributed by atoms with E-state index in [0.717, 1.165) is 32.1 Å². The molecule has 2 atom stereocenters. The van der Waals surface area contributed by atoms with E-state index in [-0.39, 0.29) is 29.4 Å². The van der Waals surface area contributed by atoms with Crippen molar-refractivity contribution in [3.63, 3.8) is 0 Å². The molecule has 4 aromatic rings. The van der Waals surface area contributed by atoms with Gasteiger partial charge in [-0.2, -0.15) is 0 Å². The summed E-state index contributed by atoms with van der Waals surface area (Å²) < 4.78 is 1.56. The SMILES string of the molecule is CC(=O)c1ccc(N(C(=O)C(C)n2nnc3ccccc32)C(C(=O)NC2CCCCC2)c2ccc(O)cc2)cc1. The lowest BCUT2D eigenvalue weighted by atomic mass is 9.94. The minimum atomic E-state index is -1.03. The first-order valence-electron chi connectivity index (χ1n) is 13.7. The zero-order valence-electron chi connectivity index (χ0n) is 22.7. The third kappa shape index (κ3) is 5.59. The van der Waals surface area contributed by atoms with Crippen LogP contribution in [-0.4, -0.2) is 43.7 Å². The van der Waals surface area contributed by atoms with E-state index in [2.05, 4.69) is 15.6 Å². The van der Waals surface area contributed by atoms with Crippen LogP contribution >= 0.6 is 0 Å². The van der Waals surface area contributed by atoms with Gasteiger partial charge in [0.05, 0.1) is 5.52 Å². The molecule has 1 aromatic heterocycles. The molecular formula is C31H33N5O4. The van der Waals surface area contributed by atoms with E-state index in [1.54, 1.807) is 48.0 Å². The summed E-state index contributed by atoms with van der Waals surface area (Å²) in [5, 5.41) is 21.6. The summed E-state index contributed by atoms with van der Waals surface area (Å²) in [7, 11) is 0. The quantitative estimate of drug-likeness (QED) is 0.300. The summed E-state index contributed by atoms with van der Waals surface area (Å²) in [5.41, 5.74) is 2.86. The van der Waals surface area contributed by atoms with Gasteiger partial charge in [0.2, 0.25) is 5.91 Å². The van der Waals surface area contributed by atoms with Gasteiger partial charge < -0.3 is 10.4 Å². The number of nitrogens with zero attached hydrogens (tertiary/aromatic N) is 4. The number of carbonyl (C=O) groups excluding carboxylic acids is 3. The molecule has 0 radical (unpaired) electrons. The normalized spacial score (nSPS) is 15.3. The van der Waals surface area contributed by atoms with Gasteiger partial charge in [0.15, 0.2) is 5.78 Å². The van der Waals surface area contributed by atoms with E-state index in [1.807, 2.05) is 24.3 Å². The number of Topliss-reactive ketones (excluding diaryl/α,β-unsaturated/α-hetero) is 1. The van der Waals surface area contributed by atoms with Gasteiger partial charge in [-0.25, -0.2) is 4.68 Å². The monoisotopic (exact) mass is 539 g/mol. The Morgan fingerprint density at radius 3 is 2.30 bits per heavy atom. The predicted molar refractivity (Wildman–Crippen MR) is 152 cm³/mol. The number of rotatable bonds is 8. The topological polar surface area (TPSA) is 117 Å². The number of nitrogens with one attached hydrogen (secondary N) is 1. The number of aromatic nitrogens is 3. The summed E-state index contributed by atoms with van der Waals surface area (Å²) >= 11 is 0. The van der Waals surface area contributed by atoms with E-state index in [9.17, 15) is 19.5 Å². The van der Waals surface area contributed by atoms with Gasteiger partial charge in [0.1, 0.15) is 23.3 Å². The second-order valence-electron chi connectivity index (χ2n) is 10.3. The first-order valence-corrected chi connectivity index (χ1v) is 13.7. The number of phenols is 1. The summed E-state index contributed by atoms with van der Waals surface area (Å²) in [6.45, 7) is 3.21. The Labute approximate surface area is 232 Å². The molecule has 5 rings (SSSR count). The Morgan fingerprint density at radius 2 is 1.62 bits per heavy atom. The van der Waals surface area contributed by atoms with Crippen molar-refractivity contribution in [1.82, 2.24) is 20.3 Å². The standard InChI is InChI=1S/C31H33N5O4/c1-20(36-28-11-7-6-10-27(28)33-34-36)31(40)35(25-16-12-22(13-17-25)21(2)37)29(23-14-18-26(38)19-15-23)30(39)32-24-8-4-3-5-9-24/h6-7,10-20,24,29,38H,3-5,8-9H2,1-2H3,(H,32,39). The second-order valence-corrected chi connectivity index (χ2v) is 10.3. The van der Waals surface area contributed by atoms with Gasteiger partial charge in [-0.3, -0.25) is 19.3 Å². The maximum absolute atomic E-state index is 14.4. The zero-order valence-corrected chi connectivity index (χ0v) is 22.7. The van der Waals surface area contributed by atoms with Crippen molar-refractivity contribution in [3.05, 3.63) is 83.9 Å². The molecule has 0 aliphatic heterocycles. The minimum Gasteiger partial charge on any atom is -0.508 e. The first kappa shape index (κ1) is 27.1.